The molecule has 3 N–H and O–H groups in total. The molecule has 1 saturated carbocycles. The highest BCUT2D eigenvalue weighted by Gasteiger charge is 2.30. The second-order valence-electron chi connectivity index (χ2n) is 7.71. The summed E-state index contributed by atoms with van der Waals surface area (Å²) in [6.45, 7) is 0. The van der Waals surface area contributed by atoms with Crippen LogP contribution in [0, 0.1) is 0 Å². The molecule has 5 rings (SSSR count). The van der Waals surface area contributed by atoms with Crippen molar-refractivity contribution in [2.24, 2.45) is 5.73 Å². The van der Waals surface area contributed by atoms with Gasteiger partial charge in [0.15, 0.2) is 5.65 Å². The molecular formula is C20H19F2N5O2S. The predicted molar refractivity (Wildman–Crippen MR) is 107 cm³/mol. The highest BCUT2D eigenvalue weighted by molar-refractivity contribution is 7.17. The van der Waals surface area contributed by atoms with Crippen LogP contribution in [0.15, 0.2) is 12.3 Å². The molecule has 2 amide bonds. The van der Waals surface area contributed by atoms with Crippen molar-refractivity contribution in [2.45, 2.75) is 50.9 Å². The zero-order chi connectivity index (χ0) is 21.0. The van der Waals surface area contributed by atoms with Gasteiger partial charge in [-0.15, -0.1) is 11.3 Å². The molecule has 10 heteroatoms. The Morgan fingerprint density at radius 2 is 2.03 bits per heavy atom. The molecule has 0 unspecified atom stereocenters. The third-order valence-corrected chi connectivity index (χ3v) is 6.83. The largest absolute Gasteiger partial charge is 0.365 e. The average Bonchev–Trinajstić information content (AvgIpc) is 3.36. The number of nitrogens with zero attached hydrogens (tertiary/aromatic N) is 3. The van der Waals surface area contributed by atoms with Crippen LogP contribution < -0.4 is 11.1 Å². The van der Waals surface area contributed by atoms with E-state index in [4.69, 9.17) is 5.73 Å². The van der Waals surface area contributed by atoms with E-state index in [9.17, 15) is 18.4 Å². The van der Waals surface area contributed by atoms with Crippen LogP contribution in [0.2, 0.25) is 0 Å². The van der Waals surface area contributed by atoms with E-state index in [2.05, 4.69) is 15.4 Å². The Morgan fingerprint density at radius 1 is 1.27 bits per heavy atom. The van der Waals surface area contributed by atoms with E-state index in [0.717, 1.165) is 53.5 Å². The molecule has 156 valence electrons. The lowest BCUT2D eigenvalue weighted by Gasteiger charge is -2.11. The van der Waals surface area contributed by atoms with Crippen LogP contribution in [0.4, 0.5) is 13.8 Å². The van der Waals surface area contributed by atoms with Crippen LogP contribution in [0.1, 0.15) is 80.6 Å². The number of hydrogen-bond donors (Lipinski definition) is 2. The minimum atomic E-state index is -2.74. The number of aromatic nitrogens is 3. The average molecular weight is 431 g/mol. The highest BCUT2D eigenvalue weighted by Crippen LogP contribution is 2.41. The maximum atomic E-state index is 13.6. The first-order chi connectivity index (χ1) is 14.4. The van der Waals surface area contributed by atoms with Gasteiger partial charge in [-0.05, 0) is 50.2 Å². The SMILES string of the molecule is NC(=O)c1c(NC(=O)c2cnn3c(C(F)F)cc(C4CC4)nc23)sc2c1CCCC2. The molecule has 0 radical (unpaired) electrons. The molecular weight excluding hydrogens is 412 g/mol. The smallest absolute Gasteiger partial charge is 0.280 e. The number of halogens is 2. The van der Waals surface area contributed by atoms with E-state index in [1.165, 1.54) is 23.6 Å². The quantitative estimate of drug-likeness (QED) is 0.641. The van der Waals surface area contributed by atoms with Crippen molar-refractivity contribution in [1.29, 1.82) is 0 Å². The number of carbonyl (C=O) groups is 2. The summed E-state index contributed by atoms with van der Waals surface area (Å²) in [6, 6.07) is 1.36. The van der Waals surface area contributed by atoms with Gasteiger partial charge in [-0.25, -0.2) is 18.3 Å². The maximum absolute atomic E-state index is 13.6. The van der Waals surface area contributed by atoms with Gasteiger partial charge in [-0.3, -0.25) is 9.59 Å². The Labute approximate surface area is 174 Å². The van der Waals surface area contributed by atoms with Gasteiger partial charge in [0.25, 0.3) is 18.2 Å². The van der Waals surface area contributed by atoms with E-state index < -0.39 is 18.2 Å². The van der Waals surface area contributed by atoms with E-state index >= 15 is 0 Å². The molecule has 3 aromatic rings. The Hall–Kier alpha value is -2.88. The number of hydrogen-bond acceptors (Lipinski definition) is 5. The van der Waals surface area contributed by atoms with Gasteiger partial charge in [0.1, 0.15) is 16.3 Å². The number of nitrogens with two attached hydrogens (primary N) is 1. The Balaban J connectivity index is 1.55. The second-order valence-corrected chi connectivity index (χ2v) is 8.81. The molecule has 0 spiro atoms. The van der Waals surface area contributed by atoms with Crippen LogP contribution in [-0.2, 0) is 12.8 Å². The van der Waals surface area contributed by atoms with Gasteiger partial charge in [-0.1, -0.05) is 0 Å². The Morgan fingerprint density at radius 3 is 2.73 bits per heavy atom. The fourth-order valence-corrected chi connectivity index (χ4v) is 5.28. The molecule has 30 heavy (non-hydrogen) atoms. The number of thiophene rings is 1. The molecule has 3 heterocycles. The third kappa shape index (κ3) is 3.15. The lowest BCUT2D eigenvalue weighted by Crippen LogP contribution is -2.18. The summed E-state index contributed by atoms with van der Waals surface area (Å²) in [6.07, 6.45) is 3.87. The zero-order valence-corrected chi connectivity index (χ0v) is 16.8. The highest BCUT2D eigenvalue weighted by atomic mass is 32.1. The minimum absolute atomic E-state index is 0.0844. The molecule has 3 aromatic heterocycles. The molecule has 0 aromatic carbocycles. The van der Waals surface area contributed by atoms with E-state index in [-0.39, 0.29) is 22.8 Å². The van der Waals surface area contributed by atoms with Crippen LogP contribution >= 0.6 is 11.3 Å². The fourth-order valence-electron chi connectivity index (χ4n) is 3.99. The fraction of sp³-hybridized carbons (Fsp3) is 0.400. The molecule has 1 fully saturated rings. The summed E-state index contributed by atoms with van der Waals surface area (Å²) in [5.41, 5.74) is 7.28. The standard InChI is InChI=1S/C20H19F2N5O2S/c21-16(22)13-7-12(9-5-6-9)25-18-11(8-24-27(13)18)19(29)26-20-15(17(23)28)10-3-1-2-4-14(10)30-20/h7-9,16H,1-6H2,(H2,23,28)(H,26,29). The van der Waals surface area contributed by atoms with Gasteiger partial charge in [0, 0.05) is 16.5 Å². The van der Waals surface area contributed by atoms with E-state index in [1.807, 2.05) is 0 Å². The monoisotopic (exact) mass is 431 g/mol. The number of alkyl halides is 2. The number of fused-ring (bicyclic) bond motifs is 2. The number of nitrogens with one attached hydrogen (secondary N) is 1. The zero-order valence-electron chi connectivity index (χ0n) is 16.0. The van der Waals surface area contributed by atoms with Crippen molar-refractivity contribution in [3.05, 3.63) is 45.2 Å². The third-order valence-electron chi connectivity index (χ3n) is 5.63. The molecule has 0 saturated heterocycles. The maximum Gasteiger partial charge on any atom is 0.280 e. The summed E-state index contributed by atoms with van der Waals surface area (Å²) in [7, 11) is 0. The van der Waals surface area contributed by atoms with Gasteiger partial charge in [-0.2, -0.15) is 5.10 Å². The van der Waals surface area contributed by atoms with Crippen LogP contribution in [0.3, 0.4) is 0 Å². The summed E-state index contributed by atoms with van der Waals surface area (Å²) < 4.78 is 28.1. The Bertz CT molecular complexity index is 1180. The van der Waals surface area contributed by atoms with Crippen molar-refractivity contribution < 1.29 is 18.4 Å². The first-order valence-corrected chi connectivity index (χ1v) is 10.7. The van der Waals surface area contributed by atoms with Crippen molar-refractivity contribution in [1.82, 2.24) is 14.6 Å². The first kappa shape index (κ1) is 19.1. The van der Waals surface area contributed by atoms with Crippen molar-refractivity contribution in [3.63, 3.8) is 0 Å². The molecule has 0 bridgehead atoms. The summed E-state index contributed by atoms with van der Waals surface area (Å²) in [4.78, 5) is 30.6. The van der Waals surface area contributed by atoms with Crippen LogP contribution in [-0.4, -0.2) is 26.4 Å². The topological polar surface area (TPSA) is 102 Å². The molecule has 0 atom stereocenters. The normalized spacial score (nSPS) is 16.1. The molecule has 2 aliphatic carbocycles. The lowest BCUT2D eigenvalue weighted by atomic mass is 9.95. The number of carbonyl (C=O) groups excluding carboxylic acids is 2. The van der Waals surface area contributed by atoms with E-state index in [0.29, 0.717) is 16.3 Å². The first-order valence-electron chi connectivity index (χ1n) is 9.86. The minimum Gasteiger partial charge on any atom is -0.365 e. The van der Waals surface area contributed by atoms with Gasteiger partial charge < -0.3 is 11.1 Å². The molecule has 7 nitrogen and oxygen atoms in total. The van der Waals surface area contributed by atoms with Gasteiger partial charge in [0.05, 0.1) is 11.8 Å². The Kier molecular flexibility index (Phi) is 4.53. The molecule has 0 aliphatic heterocycles. The predicted octanol–water partition coefficient (Wildman–Crippen LogP) is 3.84. The van der Waals surface area contributed by atoms with Gasteiger partial charge in [0.2, 0.25) is 0 Å². The van der Waals surface area contributed by atoms with E-state index in [1.54, 1.807) is 0 Å². The molecule has 2 aliphatic rings. The number of amides is 2. The summed E-state index contributed by atoms with van der Waals surface area (Å²) >= 11 is 1.35. The second kappa shape index (κ2) is 7.12. The number of rotatable bonds is 5. The van der Waals surface area contributed by atoms with Crippen LogP contribution in [0.5, 0.6) is 0 Å². The van der Waals surface area contributed by atoms with Crippen molar-refractivity contribution in [2.75, 3.05) is 5.32 Å². The van der Waals surface area contributed by atoms with Crippen LogP contribution in [0.25, 0.3) is 5.65 Å². The lowest BCUT2D eigenvalue weighted by molar-refractivity contribution is 0.100. The number of aryl methyl sites for hydroxylation is 1. The van der Waals surface area contributed by atoms with Gasteiger partial charge >= 0.3 is 0 Å². The number of anilines is 1. The van der Waals surface area contributed by atoms with Crippen molar-refractivity contribution >= 4 is 33.8 Å². The summed E-state index contributed by atoms with van der Waals surface area (Å²) in [5.74, 6) is -0.991. The van der Waals surface area contributed by atoms with Crippen molar-refractivity contribution in [3.8, 4) is 0 Å². The number of primary amides is 1. The summed E-state index contributed by atoms with van der Waals surface area (Å²) in [5, 5.41) is 7.12.